The van der Waals surface area contributed by atoms with E-state index in [0.717, 1.165) is 67.0 Å². The molecule has 20 heteroatoms. The predicted octanol–water partition coefficient (Wildman–Crippen LogP) is 22.4. The van der Waals surface area contributed by atoms with Gasteiger partial charge in [-0.3, -0.25) is 38.7 Å². The lowest BCUT2D eigenvalue weighted by molar-refractivity contribution is -0.127. The van der Waals surface area contributed by atoms with E-state index in [0.29, 0.717) is 111 Å². The van der Waals surface area contributed by atoms with Gasteiger partial charge in [0.25, 0.3) is 0 Å². The van der Waals surface area contributed by atoms with E-state index in [2.05, 4.69) is 117 Å². The summed E-state index contributed by atoms with van der Waals surface area (Å²) in [6, 6.07) is 87.0. The molecule has 10 aromatic carbocycles. The molecule has 0 fully saturated rings. The summed E-state index contributed by atoms with van der Waals surface area (Å²) in [7, 11) is 0. The van der Waals surface area contributed by atoms with Crippen molar-refractivity contribution in [1.82, 2.24) is 39.4 Å². The maximum atomic E-state index is 12.1. The van der Waals surface area contributed by atoms with Crippen molar-refractivity contribution in [2.75, 3.05) is 39.3 Å². The van der Waals surface area contributed by atoms with Crippen LogP contribution in [0.15, 0.2) is 355 Å². The molecule has 0 saturated heterocycles. The Balaban J connectivity index is 0.000000133. The van der Waals surface area contributed by atoms with Gasteiger partial charge in [0.15, 0.2) is 22.7 Å². The normalized spacial score (nSPS) is 16.7. The Bertz CT molecular complexity index is 6020. The molecule has 0 unspecified atom stereocenters. The molecule has 6 aliphatic heterocycles. The number of halogens is 2. The number of benzene rings is 10. The van der Waals surface area contributed by atoms with E-state index in [1.807, 2.05) is 228 Å². The van der Waals surface area contributed by atoms with Crippen LogP contribution in [0.1, 0.15) is 136 Å². The Hall–Kier alpha value is -15.7. The van der Waals surface area contributed by atoms with Gasteiger partial charge < -0.3 is 29.4 Å². The number of aromatic nitrogens is 2. The first-order valence-corrected chi connectivity index (χ1v) is 43.1. The SMILES string of the molecule is C=CC(=O)N1Cc2cc(Cl)ccc2[C@@H](c2ccccn2)C1.C=CC(=O)N1Cc2cc(Cl)ccc2[C@H](c2ccccn2)C1.[C-]#[N+]c1ccc2c(c1)CN(C(=O)C=C)C[C@@H]2c1ccccc1.[C-]#[N+]c1ccc2c(c1)CN(C(=O)C=C)C[C@H]2c1ccccc1.[C-]#[N+]c1ccc2c(c1)[C@@H](c1ccccc1)CN(C(=O)C=C)C2.[C-]#[N+]c1ccc2c(c1)[C@H](c1ccccc1)CN(C(=O)C=C)C2. The van der Waals surface area contributed by atoms with Crippen molar-refractivity contribution >= 4 is 81.4 Å². The summed E-state index contributed by atoms with van der Waals surface area (Å²) < 4.78 is 0. The third-order valence-electron chi connectivity index (χ3n) is 23.9. The van der Waals surface area contributed by atoms with E-state index in [-0.39, 0.29) is 71.0 Å². The van der Waals surface area contributed by atoms with Crippen molar-refractivity contribution in [3.63, 3.8) is 0 Å². The zero-order chi connectivity index (χ0) is 91.7. The van der Waals surface area contributed by atoms with Gasteiger partial charge in [0, 0.05) is 148 Å². The average molecular weight is 1750 g/mol. The van der Waals surface area contributed by atoms with Gasteiger partial charge in [-0.05, 0) is 174 Å². The van der Waals surface area contributed by atoms with Crippen LogP contribution >= 0.6 is 23.2 Å². The van der Waals surface area contributed by atoms with E-state index >= 15 is 0 Å². The summed E-state index contributed by atoms with van der Waals surface area (Å²) in [5.74, 6) is 0.199. The number of carbonyl (C=O) groups excluding carboxylic acids is 6. The Labute approximate surface area is 769 Å². The van der Waals surface area contributed by atoms with E-state index in [9.17, 15) is 28.8 Å². The minimum absolute atomic E-state index is 0.0548. The lowest BCUT2D eigenvalue weighted by Crippen LogP contribution is -2.37. The molecule has 0 saturated carbocycles. The fourth-order valence-electron chi connectivity index (χ4n) is 17.5. The Morgan fingerprint density at radius 2 is 0.500 bits per heavy atom. The third kappa shape index (κ3) is 22.2. The second-order valence-corrected chi connectivity index (χ2v) is 32.5. The monoisotopic (exact) mass is 1750 g/mol. The first-order valence-electron chi connectivity index (χ1n) is 42.4. The molecule has 8 heterocycles. The summed E-state index contributed by atoms with van der Waals surface area (Å²) in [5, 5.41) is 1.36. The van der Waals surface area contributed by atoms with Crippen molar-refractivity contribution in [3.05, 3.63) is 511 Å². The molecule has 0 N–H and O–H groups in total. The standard InChI is InChI=1S/4C19H16N2O.2C17H15ClN2O/c2*1-3-19(22)21-12-15-11-16(20-2)9-10-17(15)18(13-21)14-7-5-4-6-8-14;2*1-3-19(22)21-12-15-9-10-16(20-2)11-17(15)18(13-21)14-7-5-4-6-8-14;2*1-2-17(21)20-10-12-9-13(18)6-7-14(12)15(11-20)16-5-3-4-8-19-16/h4*3-11,18H,1,12-13H2;2*2-9,15H,1,10-11H2/t4*18-;2*15-/m101010/s1. The van der Waals surface area contributed by atoms with Crippen molar-refractivity contribution in [2.24, 2.45) is 0 Å². The molecule has 6 amide bonds. The smallest absolute Gasteiger partial charge is 0.246 e. The first-order chi connectivity index (χ1) is 63.3. The zero-order valence-electron chi connectivity index (χ0n) is 71.8. The number of nitrogens with zero attached hydrogens (tertiary/aromatic N) is 12. The fourth-order valence-corrected chi connectivity index (χ4v) is 17.9. The number of carbonyl (C=O) groups is 6. The van der Waals surface area contributed by atoms with Gasteiger partial charge in [-0.15, -0.1) is 0 Å². The summed E-state index contributed by atoms with van der Waals surface area (Å²) in [6.07, 6.45) is 11.7. The largest absolute Gasteiger partial charge is 0.334 e. The van der Waals surface area contributed by atoms with Crippen LogP contribution in [0.4, 0.5) is 22.7 Å². The van der Waals surface area contributed by atoms with E-state index in [1.54, 1.807) is 32.0 Å². The van der Waals surface area contributed by atoms with Gasteiger partial charge in [0.2, 0.25) is 35.4 Å². The summed E-state index contributed by atoms with van der Waals surface area (Å²) in [4.78, 5) is 106. The molecule has 0 aliphatic carbocycles. The van der Waals surface area contributed by atoms with Gasteiger partial charge in [0.05, 0.1) is 26.3 Å². The van der Waals surface area contributed by atoms with Crippen LogP contribution in [0.25, 0.3) is 19.4 Å². The van der Waals surface area contributed by atoms with E-state index < -0.39 is 0 Å². The molecule has 0 bridgehead atoms. The molecule has 644 valence electrons. The van der Waals surface area contributed by atoms with Crippen molar-refractivity contribution in [2.45, 2.75) is 74.8 Å². The number of hydrogen-bond donors (Lipinski definition) is 0. The minimum atomic E-state index is -0.0696. The summed E-state index contributed by atoms with van der Waals surface area (Å²) in [5.41, 5.74) is 22.6. The van der Waals surface area contributed by atoms with Crippen LogP contribution in [0.5, 0.6) is 0 Å². The highest BCUT2D eigenvalue weighted by Gasteiger charge is 2.36. The van der Waals surface area contributed by atoms with Gasteiger partial charge in [0.1, 0.15) is 0 Å². The molecular weight excluding hydrogens is 1660 g/mol. The van der Waals surface area contributed by atoms with Crippen LogP contribution in [0.2, 0.25) is 10.0 Å². The van der Waals surface area contributed by atoms with Gasteiger partial charge in [-0.25, -0.2) is 19.4 Å². The molecule has 6 atom stereocenters. The fraction of sp³-hybridized carbons (Fsp3) is 0.164. The summed E-state index contributed by atoms with van der Waals surface area (Å²) in [6.45, 7) is 57.3. The topological polar surface area (TPSA) is 165 Å². The lowest BCUT2D eigenvalue weighted by atomic mass is 9.84. The molecule has 12 aromatic rings. The number of fused-ring (bicyclic) bond motifs is 6. The Morgan fingerprint density at radius 1 is 0.269 bits per heavy atom. The van der Waals surface area contributed by atoms with Gasteiger partial charge in [-0.2, -0.15) is 0 Å². The third-order valence-corrected chi connectivity index (χ3v) is 24.4. The number of pyridine rings is 2. The molecule has 18 rings (SSSR count). The Kier molecular flexibility index (Phi) is 31.1. The number of hydrogen-bond acceptors (Lipinski definition) is 8. The van der Waals surface area contributed by atoms with Crippen LogP contribution in [0.3, 0.4) is 0 Å². The maximum absolute atomic E-state index is 12.1. The van der Waals surface area contributed by atoms with E-state index in [4.69, 9.17) is 49.5 Å². The van der Waals surface area contributed by atoms with Gasteiger partial charge >= 0.3 is 0 Å². The van der Waals surface area contributed by atoms with Crippen LogP contribution in [-0.4, -0.2) is 114 Å². The van der Waals surface area contributed by atoms with Crippen LogP contribution in [0, 0.1) is 26.3 Å². The quantitative estimate of drug-likeness (QED) is 0.0861. The van der Waals surface area contributed by atoms with Crippen LogP contribution < -0.4 is 0 Å². The Morgan fingerprint density at radius 3 is 0.769 bits per heavy atom. The van der Waals surface area contributed by atoms with Gasteiger partial charge in [-0.1, -0.05) is 281 Å². The molecular formula is C110H94Cl2N12O6. The van der Waals surface area contributed by atoms with Crippen molar-refractivity contribution in [3.8, 4) is 0 Å². The first kappa shape index (κ1) is 92.0. The average Bonchev–Trinajstić information content (AvgIpc) is 0.799. The zero-order valence-corrected chi connectivity index (χ0v) is 73.3. The molecule has 18 nitrogen and oxygen atoms in total. The lowest BCUT2D eigenvalue weighted by Gasteiger charge is -2.34. The second kappa shape index (κ2) is 44.0. The molecule has 0 spiro atoms. The molecule has 0 radical (unpaired) electrons. The van der Waals surface area contributed by atoms with E-state index in [1.165, 1.54) is 69.8 Å². The summed E-state index contributed by atoms with van der Waals surface area (Å²) >= 11 is 12.2. The highest BCUT2D eigenvalue weighted by molar-refractivity contribution is 6.31. The van der Waals surface area contributed by atoms with Crippen molar-refractivity contribution < 1.29 is 28.8 Å². The highest BCUT2D eigenvalue weighted by atomic mass is 35.5. The van der Waals surface area contributed by atoms with Crippen molar-refractivity contribution in [1.29, 1.82) is 0 Å². The minimum Gasteiger partial charge on any atom is -0.334 e. The molecule has 6 aliphatic rings. The molecule has 130 heavy (non-hydrogen) atoms. The second-order valence-electron chi connectivity index (χ2n) is 31.7. The predicted molar refractivity (Wildman–Crippen MR) is 513 cm³/mol. The maximum Gasteiger partial charge on any atom is 0.246 e. The van der Waals surface area contributed by atoms with Crippen LogP contribution in [-0.2, 0) is 68.0 Å². The highest BCUT2D eigenvalue weighted by Crippen LogP contribution is 2.43. The molecule has 2 aromatic heterocycles. The number of rotatable bonds is 12. The number of amides is 6.